The topological polar surface area (TPSA) is 125 Å². The number of methoxy groups -OCH3 is 1. The predicted molar refractivity (Wildman–Crippen MR) is 122 cm³/mol. The highest BCUT2D eigenvalue weighted by Gasteiger charge is 2.43. The minimum Gasteiger partial charge on any atom is -0.396 e. The molecule has 4 rings (SSSR count). The number of aromatic nitrogens is 4. The predicted octanol–water partition coefficient (Wildman–Crippen LogP) is 2.91. The standard InChI is InChI=1S/C21H25F3N6O3S/c1-9-14(19-29-15-10(2)25-5-4-13(15)34-19)18(30-20(27-9)26-8-21(22,23)24)28-12-6-11(7-31)17(33-3)16(12)32/h4-5,11-12,16-17,31-32H,6-8H2,1-3H3,(H2,26,27,28,30). The van der Waals surface area contributed by atoms with Crippen molar-refractivity contribution in [2.45, 2.75) is 44.7 Å². The van der Waals surface area contributed by atoms with Gasteiger partial charge in [-0.2, -0.15) is 18.2 Å². The van der Waals surface area contributed by atoms with Crippen molar-refractivity contribution in [1.29, 1.82) is 0 Å². The number of pyridine rings is 1. The summed E-state index contributed by atoms with van der Waals surface area (Å²) in [6.45, 7) is 2.04. The number of nitrogens with zero attached hydrogens (tertiary/aromatic N) is 4. The zero-order valence-electron chi connectivity index (χ0n) is 18.7. The molecule has 3 aromatic rings. The van der Waals surface area contributed by atoms with E-state index in [2.05, 4.69) is 30.6 Å². The van der Waals surface area contributed by atoms with Gasteiger partial charge in [0.1, 0.15) is 29.0 Å². The van der Waals surface area contributed by atoms with Gasteiger partial charge >= 0.3 is 6.18 Å². The molecular weight excluding hydrogens is 473 g/mol. The maximum absolute atomic E-state index is 12.8. The summed E-state index contributed by atoms with van der Waals surface area (Å²) in [7, 11) is 1.45. The highest BCUT2D eigenvalue weighted by atomic mass is 32.1. The molecule has 1 aliphatic rings. The molecule has 1 fully saturated rings. The summed E-state index contributed by atoms with van der Waals surface area (Å²) in [6, 6.07) is 1.28. The summed E-state index contributed by atoms with van der Waals surface area (Å²) in [6.07, 6.45) is -3.93. The summed E-state index contributed by atoms with van der Waals surface area (Å²) in [5, 5.41) is 26.4. The van der Waals surface area contributed by atoms with Crippen LogP contribution in [0.15, 0.2) is 12.3 Å². The van der Waals surface area contributed by atoms with E-state index in [-0.39, 0.29) is 24.3 Å². The van der Waals surface area contributed by atoms with E-state index in [9.17, 15) is 23.4 Å². The first-order chi connectivity index (χ1) is 16.1. The van der Waals surface area contributed by atoms with E-state index < -0.39 is 31.0 Å². The van der Waals surface area contributed by atoms with E-state index in [0.717, 1.165) is 10.4 Å². The zero-order chi connectivity index (χ0) is 24.6. The van der Waals surface area contributed by atoms with Crippen LogP contribution in [-0.2, 0) is 4.74 Å². The van der Waals surface area contributed by atoms with Gasteiger partial charge in [-0.1, -0.05) is 0 Å². The van der Waals surface area contributed by atoms with Gasteiger partial charge in [0, 0.05) is 25.8 Å². The van der Waals surface area contributed by atoms with E-state index in [1.807, 2.05) is 13.0 Å². The lowest BCUT2D eigenvalue weighted by Gasteiger charge is -2.22. The molecular formula is C21H25F3N6O3S. The third-order valence-corrected chi connectivity index (χ3v) is 6.88. The highest BCUT2D eigenvalue weighted by molar-refractivity contribution is 7.21. The Balaban J connectivity index is 1.76. The van der Waals surface area contributed by atoms with Gasteiger partial charge in [0.15, 0.2) is 0 Å². The minimum absolute atomic E-state index is 0.175. The van der Waals surface area contributed by atoms with E-state index in [0.29, 0.717) is 28.2 Å². The summed E-state index contributed by atoms with van der Waals surface area (Å²) >= 11 is 1.39. The van der Waals surface area contributed by atoms with Crippen LogP contribution in [0.3, 0.4) is 0 Å². The largest absolute Gasteiger partial charge is 0.405 e. The van der Waals surface area contributed by atoms with Crippen LogP contribution in [0.4, 0.5) is 24.9 Å². The number of aliphatic hydroxyl groups excluding tert-OH is 2. The molecule has 0 radical (unpaired) electrons. The Morgan fingerprint density at radius 1 is 1.21 bits per heavy atom. The van der Waals surface area contributed by atoms with Crippen molar-refractivity contribution in [3.8, 4) is 10.6 Å². The van der Waals surface area contributed by atoms with E-state index in [4.69, 9.17) is 4.74 Å². The number of hydrogen-bond donors (Lipinski definition) is 4. The Bertz CT molecular complexity index is 1170. The number of anilines is 2. The fraction of sp³-hybridized carbons (Fsp3) is 0.524. The van der Waals surface area contributed by atoms with Gasteiger partial charge in [-0.15, -0.1) is 11.3 Å². The molecule has 1 saturated carbocycles. The molecule has 0 aromatic carbocycles. The lowest BCUT2D eigenvalue weighted by molar-refractivity contribution is -0.115. The van der Waals surface area contributed by atoms with E-state index in [1.165, 1.54) is 18.4 Å². The van der Waals surface area contributed by atoms with Crippen molar-refractivity contribution in [3.05, 3.63) is 23.7 Å². The first-order valence-electron chi connectivity index (χ1n) is 10.6. The third-order valence-electron chi connectivity index (χ3n) is 5.84. The number of aliphatic hydroxyl groups is 2. The van der Waals surface area contributed by atoms with E-state index >= 15 is 0 Å². The van der Waals surface area contributed by atoms with Crippen molar-refractivity contribution in [2.24, 2.45) is 5.92 Å². The second-order valence-corrected chi connectivity index (χ2v) is 9.24. The monoisotopic (exact) mass is 498 g/mol. The molecule has 3 aromatic heterocycles. The molecule has 4 N–H and O–H groups in total. The number of halogens is 3. The normalized spacial score (nSPS) is 22.9. The van der Waals surface area contributed by atoms with Gasteiger partial charge in [-0.05, 0) is 26.3 Å². The van der Waals surface area contributed by atoms with Crippen LogP contribution in [0, 0.1) is 19.8 Å². The Hall–Kier alpha value is -2.61. The quantitative estimate of drug-likeness (QED) is 0.389. The number of ether oxygens (including phenoxy) is 1. The van der Waals surface area contributed by atoms with Crippen LogP contribution in [0.1, 0.15) is 17.8 Å². The smallest absolute Gasteiger partial charge is 0.396 e. The van der Waals surface area contributed by atoms with Crippen LogP contribution in [-0.4, -0.2) is 74.8 Å². The van der Waals surface area contributed by atoms with Crippen molar-refractivity contribution >= 4 is 33.3 Å². The van der Waals surface area contributed by atoms with Crippen molar-refractivity contribution in [2.75, 3.05) is 30.9 Å². The molecule has 0 spiro atoms. The maximum atomic E-state index is 12.8. The second-order valence-electron chi connectivity index (χ2n) is 8.21. The molecule has 13 heteroatoms. The number of nitrogens with one attached hydrogen (secondary N) is 2. The lowest BCUT2D eigenvalue weighted by atomic mass is 10.1. The molecule has 0 aliphatic heterocycles. The molecule has 34 heavy (non-hydrogen) atoms. The van der Waals surface area contributed by atoms with Crippen molar-refractivity contribution in [1.82, 2.24) is 19.9 Å². The number of aryl methyl sites for hydroxylation is 2. The molecule has 9 nitrogen and oxygen atoms in total. The first kappa shape index (κ1) is 24.5. The molecule has 0 amide bonds. The van der Waals surface area contributed by atoms with Gasteiger partial charge in [0.05, 0.1) is 33.8 Å². The second kappa shape index (κ2) is 9.56. The van der Waals surface area contributed by atoms with Gasteiger partial charge < -0.3 is 25.6 Å². The highest BCUT2D eigenvalue weighted by Crippen LogP contribution is 2.38. The Kier molecular flexibility index (Phi) is 6.90. The van der Waals surface area contributed by atoms with E-state index in [1.54, 1.807) is 13.1 Å². The molecule has 0 saturated heterocycles. The van der Waals surface area contributed by atoms with Gasteiger partial charge in [0.2, 0.25) is 5.95 Å². The number of alkyl halides is 3. The van der Waals surface area contributed by atoms with Crippen LogP contribution >= 0.6 is 11.3 Å². The number of thiazole rings is 1. The molecule has 4 unspecified atom stereocenters. The summed E-state index contributed by atoms with van der Waals surface area (Å²) in [4.78, 5) is 17.5. The first-order valence-corrected chi connectivity index (χ1v) is 11.4. The van der Waals surface area contributed by atoms with Crippen molar-refractivity contribution < 1.29 is 28.1 Å². The van der Waals surface area contributed by atoms with Crippen LogP contribution in [0.25, 0.3) is 20.8 Å². The maximum Gasteiger partial charge on any atom is 0.405 e. The fourth-order valence-corrected chi connectivity index (χ4v) is 5.33. The average Bonchev–Trinajstić information content (AvgIpc) is 3.33. The van der Waals surface area contributed by atoms with Crippen LogP contribution in [0.5, 0.6) is 0 Å². The average molecular weight is 499 g/mol. The molecule has 4 atom stereocenters. The van der Waals surface area contributed by atoms with Crippen LogP contribution < -0.4 is 10.6 Å². The zero-order valence-corrected chi connectivity index (χ0v) is 19.5. The summed E-state index contributed by atoms with van der Waals surface area (Å²) in [5.74, 6) is -0.267. The van der Waals surface area contributed by atoms with Crippen LogP contribution in [0.2, 0.25) is 0 Å². The third kappa shape index (κ3) is 4.92. The Morgan fingerprint density at radius 2 is 1.97 bits per heavy atom. The number of fused-ring (bicyclic) bond motifs is 1. The number of hydrogen-bond acceptors (Lipinski definition) is 10. The SMILES string of the molecule is COC1C(CO)CC(Nc2nc(NCC(F)(F)F)nc(C)c2-c2nc3c(C)nccc3s2)C1O. The minimum atomic E-state index is -4.44. The van der Waals surface area contributed by atoms with Gasteiger partial charge in [-0.3, -0.25) is 4.98 Å². The molecule has 3 heterocycles. The summed E-state index contributed by atoms with van der Waals surface area (Å²) in [5.41, 5.74) is 2.40. The summed E-state index contributed by atoms with van der Waals surface area (Å²) < 4.78 is 44.5. The molecule has 184 valence electrons. The van der Waals surface area contributed by atoms with Crippen molar-refractivity contribution in [3.63, 3.8) is 0 Å². The Morgan fingerprint density at radius 3 is 2.59 bits per heavy atom. The molecule has 0 bridgehead atoms. The lowest BCUT2D eigenvalue weighted by Crippen LogP contribution is -2.37. The van der Waals surface area contributed by atoms with Gasteiger partial charge in [0.25, 0.3) is 0 Å². The fourth-order valence-electron chi connectivity index (χ4n) is 4.22. The molecule has 1 aliphatic carbocycles. The van der Waals surface area contributed by atoms with Gasteiger partial charge in [-0.25, -0.2) is 9.97 Å². The Labute approximate surface area is 197 Å². The number of rotatable bonds is 7.